The summed E-state index contributed by atoms with van der Waals surface area (Å²) >= 11 is 0. The summed E-state index contributed by atoms with van der Waals surface area (Å²) in [6, 6.07) is 7.97. The average molecular weight is 400 g/mol. The number of hydrogen-bond donors (Lipinski definition) is 0. The number of anilines is 1. The fourth-order valence-electron chi connectivity index (χ4n) is 4.60. The molecule has 0 bridgehead atoms. The van der Waals surface area contributed by atoms with Gasteiger partial charge in [0, 0.05) is 38.2 Å². The highest BCUT2D eigenvalue weighted by Crippen LogP contribution is 2.40. The lowest BCUT2D eigenvalue weighted by atomic mass is 9.72. The van der Waals surface area contributed by atoms with Gasteiger partial charge < -0.3 is 9.64 Å². The quantitative estimate of drug-likeness (QED) is 0.538. The Bertz CT molecular complexity index is 836. The molecule has 2 heterocycles. The largest absolute Gasteiger partial charge is 0.469 e. The fraction of sp³-hybridized carbons (Fsp3) is 0.545. The van der Waals surface area contributed by atoms with Crippen molar-refractivity contribution in [3.8, 4) is 0 Å². The number of Topliss-reactive ketones (excluding diaryl/α,β-unsaturated/α-hetero) is 1. The minimum Gasteiger partial charge on any atom is -0.469 e. The number of benzene rings is 1. The molecule has 1 saturated heterocycles. The third-order valence-electron chi connectivity index (χ3n) is 6.31. The molecule has 0 aromatic heterocycles. The highest BCUT2D eigenvalue weighted by atomic mass is 16.5. The number of ether oxygens (including phenoxy) is 1. The van der Waals surface area contributed by atoms with Crippen LogP contribution in [0.25, 0.3) is 0 Å². The van der Waals surface area contributed by atoms with Gasteiger partial charge in [0.2, 0.25) is 11.8 Å². The summed E-state index contributed by atoms with van der Waals surface area (Å²) in [7, 11) is 3.20. The molecule has 1 aromatic rings. The van der Waals surface area contributed by atoms with E-state index in [4.69, 9.17) is 0 Å². The molecular formula is C22H28N2O5. The zero-order valence-electron chi connectivity index (χ0n) is 17.3. The maximum atomic E-state index is 13.2. The first-order valence-corrected chi connectivity index (χ1v) is 10.1. The molecule has 0 aliphatic carbocycles. The van der Waals surface area contributed by atoms with E-state index in [0.29, 0.717) is 25.9 Å². The Morgan fingerprint density at radius 2 is 1.97 bits per heavy atom. The number of para-hydroxylation sites is 1. The van der Waals surface area contributed by atoms with Crippen LogP contribution in [-0.2, 0) is 23.9 Å². The topological polar surface area (TPSA) is 84.0 Å². The Morgan fingerprint density at radius 1 is 1.24 bits per heavy atom. The van der Waals surface area contributed by atoms with E-state index in [9.17, 15) is 19.2 Å². The number of imide groups is 1. The molecule has 0 N–H and O–H groups in total. The molecule has 2 amide bonds. The van der Waals surface area contributed by atoms with Crippen LogP contribution in [0.15, 0.2) is 24.3 Å². The first-order chi connectivity index (χ1) is 13.8. The lowest BCUT2D eigenvalue weighted by Gasteiger charge is -2.39. The number of methoxy groups -OCH3 is 1. The Labute approximate surface area is 171 Å². The van der Waals surface area contributed by atoms with E-state index in [0.717, 1.165) is 11.3 Å². The van der Waals surface area contributed by atoms with Crippen molar-refractivity contribution in [3.63, 3.8) is 0 Å². The highest BCUT2D eigenvalue weighted by Gasteiger charge is 2.50. The third-order valence-corrected chi connectivity index (χ3v) is 6.31. The Kier molecular flexibility index (Phi) is 6.05. The van der Waals surface area contributed by atoms with Crippen LogP contribution in [0.5, 0.6) is 0 Å². The summed E-state index contributed by atoms with van der Waals surface area (Å²) in [5.41, 5.74) is 0.898. The number of nitrogens with zero attached hydrogens (tertiary/aromatic N) is 2. The molecule has 156 valence electrons. The number of rotatable bonds is 6. The lowest BCUT2D eigenvalue weighted by Crippen LogP contribution is -2.55. The molecule has 29 heavy (non-hydrogen) atoms. The van der Waals surface area contributed by atoms with Gasteiger partial charge in [-0.1, -0.05) is 25.1 Å². The summed E-state index contributed by atoms with van der Waals surface area (Å²) in [5.74, 6) is -1.83. The van der Waals surface area contributed by atoms with Gasteiger partial charge in [0.05, 0.1) is 7.11 Å². The van der Waals surface area contributed by atoms with E-state index in [1.165, 1.54) is 12.0 Å². The zero-order chi connectivity index (χ0) is 21.2. The van der Waals surface area contributed by atoms with Crippen LogP contribution in [-0.4, -0.2) is 55.7 Å². The van der Waals surface area contributed by atoms with Crippen molar-refractivity contribution in [2.75, 3.05) is 32.1 Å². The van der Waals surface area contributed by atoms with Gasteiger partial charge in [-0.15, -0.1) is 0 Å². The monoisotopic (exact) mass is 400 g/mol. The Balaban J connectivity index is 1.77. The van der Waals surface area contributed by atoms with E-state index < -0.39 is 29.5 Å². The molecule has 2 aliphatic heterocycles. The number of ketones is 1. The van der Waals surface area contributed by atoms with Gasteiger partial charge in [-0.2, -0.15) is 0 Å². The maximum absolute atomic E-state index is 13.2. The Hall–Kier alpha value is -2.70. The van der Waals surface area contributed by atoms with E-state index in [-0.39, 0.29) is 24.7 Å². The van der Waals surface area contributed by atoms with Gasteiger partial charge in [-0.25, -0.2) is 0 Å². The van der Waals surface area contributed by atoms with E-state index in [1.807, 2.05) is 31.3 Å². The number of esters is 1. The molecule has 0 saturated carbocycles. The minimum atomic E-state index is -1.31. The molecular weight excluding hydrogens is 372 g/mol. The number of carbonyl (C=O) groups is 4. The van der Waals surface area contributed by atoms with Crippen molar-refractivity contribution in [2.45, 2.75) is 44.9 Å². The summed E-state index contributed by atoms with van der Waals surface area (Å²) in [6.07, 6.45) is 0.952. The number of likely N-dealkylation sites (N-methyl/N-ethyl adjacent to an activating group) is 1. The van der Waals surface area contributed by atoms with Crippen molar-refractivity contribution >= 4 is 29.3 Å². The minimum absolute atomic E-state index is 0.0141. The second kappa shape index (κ2) is 8.35. The smallest absolute Gasteiger partial charge is 0.313 e. The van der Waals surface area contributed by atoms with Crippen molar-refractivity contribution < 1.29 is 23.9 Å². The predicted octanol–water partition coefficient (Wildman–Crippen LogP) is 2.29. The number of hydrogen-bond acceptors (Lipinski definition) is 6. The molecule has 0 radical (unpaired) electrons. The van der Waals surface area contributed by atoms with Gasteiger partial charge in [-0.3, -0.25) is 24.1 Å². The molecule has 7 heteroatoms. The first kappa shape index (κ1) is 21.0. The van der Waals surface area contributed by atoms with Crippen LogP contribution >= 0.6 is 0 Å². The summed E-state index contributed by atoms with van der Waals surface area (Å²) in [5, 5.41) is 0. The van der Waals surface area contributed by atoms with Crippen molar-refractivity contribution in [1.82, 2.24) is 4.90 Å². The van der Waals surface area contributed by atoms with Gasteiger partial charge in [0.1, 0.15) is 11.8 Å². The van der Waals surface area contributed by atoms with E-state index in [2.05, 4.69) is 9.64 Å². The van der Waals surface area contributed by atoms with E-state index in [1.54, 1.807) is 6.92 Å². The average Bonchev–Trinajstić information content (AvgIpc) is 3.03. The number of amides is 2. The first-order valence-electron chi connectivity index (χ1n) is 10.1. The number of fused-ring (bicyclic) bond motifs is 1. The molecule has 2 atom stereocenters. The molecule has 2 unspecified atom stereocenters. The summed E-state index contributed by atoms with van der Waals surface area (Å²) in [4.78, 5) is 54.0. The summed E-state index contributed by atoms with van der Waals surface area (Å²) in [6.45, 7) is 2.78. The zero-order valence-corrected chi connectivity index (χ0v) is 17.3. The number of likely N-dealkylation sites (tertiary alicyclic amines) is 1. The van der Waals surface area contributed by atoms with Crippen LogP contribution in [0.4, 0.5) is 5.69 Å². The van der Waals surface area contributed by atoms with Crippen molar-refractivity contribution in [2.24, 2.45) is 5.41 Å². The SMILES string of the molecule is CCC1(C(=O)CC(=O)OC)CCCN(C(=O)CC2CN(C)c3ccccc32)C1=O. The van der Waals surface area contributed by atoms with Gasteiger partial charge in [0.15, 0.2) is 5.78 Å². The molecule has 1 fully saturated rings. The van der Waals surface area contributed by atoms with Crippen LogP contribution < -0.4 is 4.90 Å². The maximum Gasteiger partial charge on any atom is 0.313 e. The predicted molar refractivity (Wildman–Crippen MR) is 107 cm³/mol. The number of carbonyl (C=O) groups excluding carboxylic acids is 4. The van der Waals surface area contributed by atoms with Crippen molar-refractivity contribution in [1.29, 1.82) is 0 Å². The fourth-order valence-corrected chi connectivity index (χ4v) is 4.60. The second-order valence-corrected chi connectivity index (χ2v) is 7.91. The van der Waals surface area contributed by atoms with Gasteiger partial charge in [0.25, 0.3) is 0 Å². The molecule has 2 aliphatic rings. The van der Waals surface area contributed by atoms with Crippen LogP contribution in [0.1, 0.15) is 50.5 Å². The Morgan fingerprint density at radius 3 is 2.66 bits per heavy atom. The highest BCUT2D eigenvalue weighted by molar-refractivity contribution is 6.14. The van der Waals surface area contributed by atoms with E-state index >= 15 is 0 Å². The summed E-state index contributed by atoms with van der Waals surface area (Å²) < 4.78 is 4.59. The third kappa shape index (κ3) is 3.78. The number of piperidine rings is 1. The van der Waals surface area contributed by atoms with Crippen LogP contribution in [0.3, 0.4) is 0 Å². The normalized spacial score (nSPS) is 23.7. The van der Waals surface area contributed by atoms with Gasteiger partial charge in [-0.05, 0) is 30.9 Å². The van der Waals surface area contributed by atoms with Crippen molar-refractivity contribution in [3.05, 3.63) is 29.8 Å². The standard InChI is InChI=1S/C22H28N2O5/c1-4-22(18(25)13-20(27)29-3)10-7-11-24(21(22)28)19(26)12-15-14-23(2)17-9-6-5-8-16(15)17/h5-6,8-9,15H,4,7,10-14H2,1-3H3. The molecule has 1 aromatic carbocycles. The molecule has 0 spiro atoms. The van der Waals surface area contributed by atoms with Gasteiger partial charge >= 0.3 is 5.97 Å². The molecule has 3 rings (SSSR count). The van der Waals surface area contributed by atoms with Crippen LogP contribution in [0.2, 0.25) is 0 Å². The lowest BCUT2D eigenvalue weighted by molar-refractivity contribution is -0.160. The molecule has 7 nitrogen and oxygen atoms in total. The van der Waals surface area contributed by atoms with Crippen LogP contribution in [0, 0.1) is 5.41 Å². The second-order valence-electron chi connectivity index (χ2n) is 7.91.